The van der Waals surface area contributed by atoms with Gasteiger partial charge in [-0.05, 0) is 0 Å². The van der Waals surface area contributed by atoms with Gasteiger partial charge in [-0.3, -0.25) is 0 Å². The van der Waals surface area contributed by atoms with Crippen LogP contribution in [0.4, 0.5) is 13.2 Å². The molecule has 7 heavy (non-hydrogen) atoms. The Morgan fingerprint density at radius 2 is 1.86 bits per heavy atom. The second-order valence-electron chi connectivity index (χ2n) is 1.21. The van der Waals surface area contributed by atoms with Crippen molar-refractivity contribution in [2.45, 2.75) is 6.30 Å². The summed E-state index contributed by atoms with van der Waals surface area (Å²) in [5.74, 6) is 0. The zero-order chi connectivity index (χ0) is 5.49. The lowest BCUT2D eigenvalue weighted by Gasteiger charge is -2.00. The smallest absolute Gasteiger partial charge is 0.231 e. The van der Waals surface area contributed by atoms with Gasteiger partial charge in [0.1, 0.15) is 0 Å². The topological polar surface area (TPSA) is 25.0 Å². The van der Waals surface area contributed by atoms with Gasteiger partial charge in [-0.25, -0.2) is 5.43 Å². The van der Waals surface area contributed by atoms with Gasteiger partial charge in [0, 0.05) is 0 Å². The van der Waals surface area contributed by atoms with Gasteiger partial charge in [-0.1, -0.05) is 0 Å². The first-order chi connectivity index (χ1) is 3.11. The molecule has 1 aliphatic rings. The summed E-state index contributed by atoms with van der Waals surface area (Å²) in [6.45, 7) is -0.0660. The Labute approximate surface area is 37.9 Å². The zero-order valence-electron chi connectivity index (χ0n) is 3.29. The lowest BCUT2D eigenvalue weighted by molar-refractivity contribution is -0.209. The van der Waals surface area contributed by atoms with Gasteiger partial charge in [0.2, 0.25) is 0 Å². The van der Waals surface area contributed by atoms with Crippen LogP contribution in [-0.2, 0) is 0 Å². The van der Waals surface area contributed by atoms with Crippen LogP contribution >= 0.6 is 0 Å². The third kappa shape index (κ3) is 1.04. The van der Waals surface area contributed by atoms with Crippen molar-refractivity contribution in [1.82, 2.24) is 10.4 Å². The first kappa shape index (κ1) is 4.86. The highest BCUT2D eigenvalue weighted by molar-refractivity contribution is 4.61. The molecule has 0 radical (unpaired) electrons. The molecule has 1 saturated heterocycles. The van der Waals surface area contributed by atoms with Gasteiger partial charge in [0.25, 0.3) is 0 Å². The molecule has 1 fully saturated rings. The molecule has 0 spiro atoms. The van der Waals surface area contributed by atoms with E-state index in [1.54, 1.807) is 0 Å². The Morgan fingerprint density at radius 3 is 1.86 bits per heavy atom. The molecule has 1 aliphatic heterocycles. The van der Waals surface area contributed by atoms with E-state index in [2.05, 4.69) is 0 Å². The summed E-state index contributed by atoms with van der Waals surface area (Å²) in [6.07, 6.45) is -4.17. The Hall–Kier alpha value is -0.290. The summed E-state index contributed by atoms with van der Waals surface area (Å²) in [5.41, 5.74) is 1.98. The van der Waals surface area contributed by atoms with E-state index in [1.807, 2.05) is 5.43 Å². The number of nitrogens with one attached hydrogen (secondary N) is 1. The Kier molecular flexibility index (Phi) is 0.767. The molecule has 1 heterocycles. The number of hydrogen-bond donors (Lipinski definition) is 1. The number of nitrogens with zero attached hydrogens (tertiary/aromatic N) is 1. The molecule has 1 atom stereocenters. The number of rotatable bonds is 0. The minimum Gasteiger partial charge on any atom is -0.231 e. The van der Waals surface area contributed by atoms with E-state index in [0.29, 0.717) is 0 Å². The van der Waals surface area contributed by atoms with Crippen LogP contribution in [0.15, 0.2) is 0 Å². The van der Waals surface area contributed by atoms with Crippen LogP contribution in [0.5, 0.6) is 0 Å². The first-order valence-corrected chi connectivity index (χ1v) is 1.68. The largest absolute Gasteiger partial charge is 0.474 e. The summed E-state index contributed by atoms with van der Waals surface area (Å²) in [6, 6.07) is 0. The fourth-order valence-corrected chi connectivity index (χ4v) is 0.215. The van der Waals surface area contributed by atoms with Gasteiger partial charge >= 0.3 is 6.30 Å². The number of alkyl halides is 3. The molecule has 2 nitrogen and oxygen atoms in total. The fraction of sp³-hybridized carbons (Fsp3) is 1.00. The number of hydrogen-bond acceptors (Lipinski definition) is 2. The summed E-state index contributed by atoms with van der Waals surface area (Å²) in [7, 11) is 0. The van der Waals surface area contributed by atoms with E-state index in [1.165, 1.54) is 0 Å². The molecular weight excluding hydrogens is 109 g/mol. The average molecular weight is 112 g/mol. The second-order valence-corrected chi connectivity index (χ2v) is 1.21. The van der Waals surface area contributed by atoms with Crippen molar-refractivity contribution >= 4 is 0 Å². The number of halogens is 3. The van der Waals surface area contributed by atoms with Crippen LogP contribution in [0.3, 0.4) is 0 Å². The van der Waals surface area contributed by atoms with Gasteiger partial charge in [-0.2, -0.15) is 13.2 Å². The molecule has 1 unspecified atom stereocenters. The molecule has 5 heteroatoms. The molecule has 0 aromatic heterocycles. The maximum Gasteiger partial charge on any atom is 0.474 e. The van der Waals surface area contributed by atoms with E-state index in [4.69, 9.17) is 0 Å². The van der Waals surface area contributed by atoms with Gasteiger partial charge in [0.05, 0.1) is 6.67 Å². The highest BCUT2D eigenvalue weighted by Crippen LogP contribution is 2.22. The lowest BCUT2D eigenvalue weighted by Crippen LogP contribution is -2.21. The first-order valence-electron chi connectivity index (χ1n) is 1.68. The molecule has 1 N–H and O–H groups in total. The zero-order valence-corrected chi connectivity index (χ0v) is 3.29. The van der Waals surface area contributed by atoms with Crippen LogP contribution in [0, 0.1) is 0 Å². The van der Waals surface area contributed by atoms with Crippen molar-refractivity contribution in [3.63, 3.8) is 0 Å². The van der Waals surface area contributed by atoms with E-state index < -0.39 is 6.30 Å². The Bertz CT molecular complexity index is 73.5. The van der Waals surface area contributed by atoms with Crippen molar-refractivity contribution in [2.24, 2.45) is 0 Å². The SMILES string of the molecule is FC(F)(F)N1CN1. The molecule has 0 bridgehead atoms. The van der Waals surface area contributed by atoms with Crippen molar-refractivity contribution in [1.29, 1.82) is 0 Å². The minimum absolute atomic E-state index is 0.0660. The maximum atomic E-state index is 11.1. The van der Waals surface area contributed by atoms with Crippen LogP contribution in [-0.4, -0.2) is 18.0 Å². The second kappa shape index (κ2) is 1.10. The van der Waals surface area contributed by atoms with Gasteiger partial charge in [0.15, 0.2) is 0 Å². The van der Waals surface area contributed by atoms with Crippen molar-refractivity contribution in [3.05, 3.63) is 0 Å². The molecule has 42 valence electrons. The summed E-state index contributed by atoms with van der Waals surface area (Å²) in [4.78, 5) is 0. The molecular formula is C2H3F3N2. The summed E-state index contributed by atoms with van der Waals surface area (Å²) in [5, 5.41) is 0.188. The molecule has 0 aliphatic carbocycles. The fourth-order valence-electron chi connectivity index (χ4n) is 0.215. The van der Waals surface area contributed by atoms with Crippen LogP contribution in [0.1, 0.15) is 0 Å². The van der Waals surface area contributed by atoms with E-state index in [-0.39, 0.29) is 11.7 Å². The standard InChI is InChI=1S/C2H3F3N2/c3-2(4,5)7-1-6-7/h6H,1H2. The van der Waals surface area contributed by atoms with E-state index >= 15 is 0 Å². The lowest BCUT2D eigenvalue weighted by atomic mass is 11.1. The molecule has 0 saturated carbocycles. The Morgan fingerprint density at radius 1 is 1.43 bits per heavy atom. The van der Waals surface area contributed by atoms with Crippen LogP contribution in [0.2, 0.25) is 0 Å². The molecule has 0 aromatic rings. The number of hydrazine groups is 1. The molecule has 1 rings (SSSR count). The summed E-state index contributed by atoms with van der Waals surface area (Å²) < 4.78 is 33.3. The predicted molar refractivity (Wildman–Crippen MR) is 15.9 cm³/mol. The molecule has 0 aromatic carbocycles. The van der Waals surface area contributed by atoms with Crippen molar-refractivity contribution in [2.75, 3.05) is 6.67 Å². The maximum absolute atomic E-state index is 11.1. The monoisotopic (exact) mass is 112 g/mol. The normalized spacial score (nSPS) is 30.4. The van der Waals surface area contributed by atoms with Crippen molar-refractivity contribution < 1.29 is 13.2 Å². The molecule has 0 amide bonds. The average Bonchev–Trinajstić information content (AvgIpc) is 1.99. The highest BCUT2D eigenvalue weighted by Gasteiger charge is 2.44. The van der Waals surface area contributed by atoms with Crippen molar-refractivity contribution in [3.8, 4) is 0 Å². The third-order valence-corrected chi connectivity index (χ3v) is 0.622. The van der Waals surface area contributed by atoms with Gasteiger partial charge in [-0.15, -0.1) is 5.01 Å². The summed E-state index contributed by atoms with van der Waals surface area (Å²) >= 11 is 0. The Balaban J connectivity index is 2.36. The highest BCUT2D eigenvalue weighted by atomic mass is 19.4. The van der Waals surface area contributed by atoms with Crippen LogP contribution in [0.25, 0.3) is 0 Å². The quantitative estimate of drug-likeness (QED) is 0.359. The van der Waals surface area contributed by atoms with E-state index in [9.17, 15) is 13.2 Å². The van der Waals surface area contributed by atoms with E-state index in [0.717, 1.165) is 0 Å². The third-order valence-electron chi connectivity index (χ3n) is 0.622. The minimum atomic E-state index is -4.17. The van der Waals surface area contributed by atoms with Gasteiger partial charge < -0.3 is 0 Å². The predicted octanol–water partition coefficient (Wildman–Crippen LogP) is 0.284. The van der Waals surface area contributed by atoms with Crippen LogP contribution < -0.4 is 5.43 Å².